The number of hydrogen-bond donors (Lipinski definition) is 1. The van der Waals surface area contributed by atoms with Crippen LogP contribution in [-0.2, 0) is 16.1 Å². The fourth-order valence-electron chi connectivity index (χ4n) is 4.46. The molecular formula is C23H34N2O2. The van der Waals surface area contributed by atoms with E-state index in [-0.39, 0.29) is 17.7 Å². The third-order valence-electron chi connectivity index (χ3n) is 6.31. The zero-order valence-corrected chi connectivity index (χ0v) is 17.1. The molecule has 2 aliphatic rings. The molecule has 0 aromatic heterocycles. The molecular weight excluding hydrogens is 336 g/mol. The van der Waals surface area contributed by atoms with Crippen molar-refractivity contribution < 1.29 is 9.59 Å². The number of hydrogen-bond acceptors (Lipinski definition) is 2. The fraction of sp³-hybridized carbons (Fsp3) is 0.652. The van der Waals surface area contributed by atoms with Gasteiger partial charge in [-0.15, -0.1) is 0 Å². The molecule has 1 aromatic rings. The lowest BCUT2D eigenvalue weighted by atomic mass is 9.69. The van der Waals surface area contributed by atoms with E-state index in [4.69, 9.17) is 0 Å². The molecule has 0 unspecified atom stereocenters. The van der Waals surface area contributed by atoms with Crippen molar-refractivity contribution in [2.75, 3.05) is 11.9 Å². The molecule has 148 valence electrons. The second-order valence-electron chi connectivity index (χ2n) is 9.38. The van der Waals surface area contributed by atoms with Gasteiger partial charge in [-0.1, -0.05) is 32.9 Å². The van der Waals surface area contributed by atoms with Gasteiger partial charge in [-0.2, -0.15) is 0 Å². The summed E-state index contributed by atoms with van der Waals surface area (Å²) in [5.41, 5.74) is 2.26. The maximum atomic E-state index is 12.7. The summed E-state index contributed by atoms with van der Waals surface area (Å²) in [7, 11) is 0. The molecule has 1 N–H and O–H groups in total. The summed E-state index contributed by atoms with van der Waals surface area (Å²) in [6.07, 6.45) is 6.98. The zero-order valence-electron chi connectivity index (χ0n) is 17.1. The highest BCUT2D eigenvalue weighted by molar-refractivity contribution is 5.92. The first-order valence-corrected chi connectivity index (χ1v) is 10.5. The van der Waals surface area contributed by atoms with Gasteiger partial charge in [-0.3, -0.25) is 9.59 Å². The number of benzene rings is 1. The van der Waals surface area contributed by atoms with Gasteiger partial charge in [-0.05, 0) is 67.6 Å². The van der Waals surface area contributed by atoms with Crippen molar-refractivity contribution in [2.24, 2.45) is 17.3 Å². The molecule has 27 heavy (non-hydrogen) atoms. The number of nitrogens with zero attached hydrogens (tertiary/aromatic N) is 1. The Labute approximate surface area is 163 Å². The Balaban J connectivity index is 1.55. The number of carbonyl (C=O) groups is 2. The summed E-state index contributed by atoms with van der Waals surface area (Å²) in [5, 5.41) is 3.11. The molecule has 1 saturated heterocycles. The molecule has 3 rings (SSSR count). The van der Waals surface area contributed by atoms with Crippen molar-refractivity contribution >= 4 is 17.5 Å². The van der Waals surface area contributed by atoms with Gasteiger partial charge >= 0.3 is 0 Å². The summed E-state index contributed by atoms with van der Waals surface area (Å²) in [5.74, 6) is 1.22. The van der Waals surface area contributed by atoms with Gasteiger partial charge < -0.3 is 10.2 Å². The van der Waals surface area contributed by atoms with E-state index in [1.807, 2.05) is 29.2 Å². The fourth-order valence-corrected chi connectivity index (χ4v) is 4.46. The SMILES string of the molecule is CC(C)(C)C1CCC(C(=O)Nc2cccc(CN3CCCCC3=O)c2)CC1. The maximum absolute atomic E-state index is 12.7. The van der Waals surface area contributed by atoms with E-state index in [2.05, 4.69) is 26.1 Å². The van der Waals surface area contributed by atoms with Crippen molar-refractivity contribution in [1.82, 2.24) is 4.90 Å². The number of piperidine rings is 1. The van der Waals surface area contributed by atoms with E-state index in [0.717, 1.165) is 56.3 Å². The minimum absolute atomic E-state index is 0.121. The lowest BCUT2D eigenvalue weighted by Gasteiger charge is -2.36. The van der Waals surface area contributed by atoms with E-state index < -0.39 is 0 Å². The van der Waals surface area contributed by atoms with Crippen LogP contribution in [0, 0.1) is 17.3 Å². The quantitative estimate of drug-likeness (QED) is 0.812. The summed E-state index contributed by atoms with van der Waals surface area (Å²) in [6, 6.07) is 7.96. The van der Waals surface area contributed by atoms with Gasteiger partial charge in [0.2, 0.25) is 11.8 Å². The van der Waals surface area contributed by atoms with Gasteiger partial charge in [0, 0.05) is 31.1 Å². The number of likely N-dealkylation sites (tertiary alicyclic amines) is 1. The second kappa shape index (κ2) is 8.45. The molecule has 1 aromatic carbocycles. The van der Waals surface area contributed by atoms with Crippen molar-refractivity contribution in [3.8, 4) is 0 Å². The molecule has 0 spiro atoms. The van der Waals surface area contributed by atoms with Crippen LogP contribution in [0.1, 0.15) is 71.3 Å². The van der Waals surface area contributed by atoms with E-state index >= 15 is 0 Å². The summed E-state index contributed by atoms with van der Waals surface area (Å²) in [4.78, 5) is 26.7. The molecule has 1 heterocycles. The van der Waals surface area contributed by atoms with E-state index in [1.165, 1.54) is 0 Å². The van der Waals surface area contributed by atoms with Crippen molar-refractivity contribution in [1.29, 1.82) is 0 Å². The molecule has 4 nitrogen and oxygen atoms in total. The van der Waals surface area contributed by atoms with E-state index in [0.29, 0.717) is 24.3 Å². The van der Waals surface area contributed by atoms with Crippen LogP contribution in [0.25, 0.3) is 0 Å². The minimum atomic E-state index is 0.121. The third-order valence-corrected chi connectivity index (χ3v) is 6.31. The van der Waals surface area contributed by atoms with Crippen LogP contribution in [0.5, 0.6) is 0 Å². The first-order chi connectivity index (χ1) is 12.8. The van der Waals surface area contributed by atoms with Crippen LogP contribution < -0.4 is 5.32 Å². The highest BCUT2D eigenvalue weighted by Crippen LogP contribution is 2.40. The molecule has 1 saturated carbocycles. The largest absolute Gasteiger partial charge is 0.338 e. The lowest BCUT2D eigenvalue weighted by Crippen LogP contribution is -2.34. The van der Waals surface area contributed by atoms with Crippen LogP contribution in [0.4, 0.5) is 5.69 Å². The molecule has 0 radical (unpaired) electrons. The Morgan fingerprint density at radius 2 is 1.89 bits per heavy atom. The monoisotopic (exact) mass is 370 g/mol. The Morgan fingerprint density at radius 1 is 1.15 bits per heavy atom. The molecule has 1 aliphatic heterocycles. The molecule has 0 atom stereocenters. The Morgan fingerprint density at radius 3 is 2.56 bits per heavy atom. The first kappa shape index (κ1) is 19.9. The number of carbonyl (C=O) groups excluding carboxylic acids is 2. The van der Waals surface area contributed by atoms with Gasteiger partial charge in [-0.25, -0.2) is 0 Å². The Hall–Kier alpha value is -1.84. The number of anilines is 1. The average Bonchev–Trinajstić information content (AvgIpc) is 2.63. The normalized spacial score (nSPS) is 24.0. The van der Waals surface area contributed by atoms with Gasteiger partial charge in [0.05, 0.1) is 0 Å². The van der Waals surface area contributed by atoms with Gasteiger partial charge in [0.1, 0.15) is 0 Å². The minimum Gasteiger partial charge on any atom is -0.338 e. The topological polar surface area (TPSA) is 49.4 Å². The number of amides is 2. The van der Waals surface area contributed by atoms with Crippen LogP contribution in [0.2, 0.25) is 0 Å². The molecule has 0 bridgehead atoms. The molecule has 2 amide bonds. The smallest absolute Gasteiger partial charge is 0.227 e. The van der Waals surface area contributed by atoms with Gasteiger partial charge in [0.15, 0.2) is 0 Å². The lowest BCUT2D eigenvalue weighted by molar-refractivity contribution is -0.133. The molecule has 1 aliphatic carbocycles. The third kappa shape index (κ3) is 5.33. The standard InChI is InChI=1S/C23H34N2O2/c1-23(2,3)19-12-10-18(11-13-19)22(27)24-20-8-6-7-17(15-20)16-25-14-5-4-9-21(25)26/h6-8,15,18-19H,4-5,9-14,16H2,1-3H3,(H,24,27). The molecule has 2 fully saturated rings. The molecule has 4 heteroatoms. The predicted molar refractivity (Wildman–Crippen MR) is 109 cm³/mol. The van der Waals surface area contributed by atoms with Gasteiger partial charge in [0.25, 0.3) is 0 Å². The Kier molecular flexibility index (Phi) is 6.23. The zero-order chi connectivity index (χ0) is 19.4. The summed E-state index contributed by atoms with van der Waals surface area (Å²) < 4.78 is 0. The van der Waals surface area contributed by atoms with Crippen molar-refractivity contribution in [3.05, 3.63) is 29.8 Å². The van der Waals surface area contributed by atoms with Crippen LogP contribution >= 0.6 is 0 Å². The van der Waals surface area contributed by atoms with Crippen LogP contribution in [0.15, 0.2) is 24.3 Å². The number of nitrogens with one attached hydrogen (secondary N) is 1. The Bertz CT molecular complexity index is 669. The predicted octanol–water partition coefficient (Wildman–Crippen LogP) is 4.99. The van der Waals surface area contributed by atoms with Crippen LogP contribution in [0.3, 0.4) is 0 Å². The highest BCUT2D eigenvalue weighted by Gasteiger charge is 2.32. The maximum Gasteiger partial charge on any atom is 0.227 e. The van der Waals surface area contributed by atoms with Crippen LogP contribution in [-0.4, -0.2) is 23.3 Å². The highest BCUT2D eigenvalue weighted by atomic mass is 16.2. The summed E-state index contributed by atoms with van der Waals surface area (Å²) in [6.45, 7) is 8.38. The van der Waals surface area contributed by atoms with Crippen molar-refractivity contribution in [3.63, 3.8) is 0 Å². The average molecular weight is 371 g/mol. The second-order valence-corrected chi connectivity index (χ2v) is 9.38. The number of rotatable bonds is 4. The first-order valence-electron chi connectivity index (χ1n) is 10.5. The van der Waals surface area contributed by atoms with E-state index in [9.17, 15) is 9.59 Å². The summed E-state index contributed by atoms with van der Waals surface area (Å²) >= 11 is 0. The van der Waals surface area contributed by atoms with E-state index in [1.54, 1.807) is 0 Å². The van der Waals surface area contributed by atoms with Crippen molar-refractivity contribution in [2.45, 2.75) is 72.3 Å².